The number of aromatic nitrogens is 3. The molecule has 0 amide bonds. The fourth-order valence-corrected chi connectivity index (χ4v) is 4.44. The average molecular weight is 493 g/mol. The van der Waals surface area contributed by atoms with Crippen molar-refractivity contribution in [1.82, 2.24) is 14.1 Å². The zero-order valence-electron chi connectivity index (χ0n) is 17.9. The Hall–Kier alpha value is -3.80. The van der Waals surface area contributed by atoms with Gasteiger partial charge in [-0.05, 0) is 55.0 Å². The minimum absolute atomic E-state index is 0.00245. The van der Waals surface area contributed by atoms with Gasteiger partial charge in [0.05, 0.1) is 35.4 Å². The maximum atomic E-state index is 13.2. The van der Waals surface area contributed by atoms with Gasteiger partial charge in [0.25, 0.3) is 9.84 Å². The number of nitrogens with zero attached hydrogens (tertiary/aromatic N) is 3. The number of sulfone groups is 1. The standard InChI is InChI=1S/C22H18F3N3O5S/c1-13-20(29)28(15-6-8-16(9-7-15)34(31,32)22(23,24)25)21(30)27(13)12-14-10-11-26-17-4-3-5-18(33-2)19(14)17/h3-11,29H,12H2,1-2H3. The first-order valence-electron chi connectivity index (χ1n) is 9.81. The highest BCUT2D eigenvalue weighted by atomic mass is 32.2. The Bertz CT molecular complexity index is 1550. The summed E-state index contributed by atoms with van der Waals surface area (Å²) in [5, 5.41) is 11.3. The first-order valence-corrected chi connectivity index (χ1v) is 11.3. The van der Waals surface area contributed by atoms with E-state index in [4.69, 9.17) is 4.74 Å². The first-order chi connectivity index (χ1) is 16.0. The highest BCUT2D eigenvalue weighted by molar-refractivity contribution is 7.92. The molecule has 0 radical (unpaired) electrons. The Kier molecular flexibility index (Phi) is 5.64. The van der Waals surface area contributed by atoms with Crippen LogP contribution in [-0.2, 0) is 16.4 Å². The molecule has 178 valence electrons. The Morgan fingerprint density at radius 1 is 1.09 bits per heavy atom. The maximum Gasteiger partial charge on any atom is 0.501 e. The van der Waals surface area contributed by atoms with Crippen LogP contribution in [0.5, 0.6) is 11.6 Å². The minimum Gasteiger partial charge on any atom is -0.496 e. The van der Waals surface area contributed by atoms with Crippen molar-refractivity contribution in [2.45, 2.75) is 23.9 Å². The van der Waals surface area contributed by atoms with E-state index in [0.29, 0.717) is 22.2 Å². The van der Waals surface area contributed by atoms with Crippen molar-refractivity contribution in [3.8, 4) is 17.3 Å². The Morgan fingerprint density at radius 2 is 1.76 bits per heavy atom. The van der Waals surface area contributed by atoms with Gasteiger partial charge in [0.1, 0.15) is 5.75 Å². The number of rotatable bonds is 5. The third-order valence-corrected chi connectivity index (χ3v) is 6.94. The van der Waals surface area contributed by atoms with Crippen LogP contribution in [0.2, 0.25) is 0 Å². The summed E-state index contributed by atoms with van der Waals surface area (Å²) >= 11 is 0. The number of imidazole rings is 1. The van der Waals surface area contributed by atoms with Gasteiger partial charge in [-0.15, -0.1) is 0 Å². The number of benzene rings is 2. The van der Waals surface area contributed by atoms with E-state index in [0.717, 1.165) is 28.8 Å². The normalized spacial score (nSPS) is 12.3. The molecule has 4 rings (SSSR count). The molecule has 0 aliphatic rings. The number of pyridine rings is 1. The lowest BCUT2D eigenvalue weighted by molar-refractivity contribution is -0.0436. The number of aromatic hydroxyl groups is 1. The highest BCUT2D eigenvalue weighted by Crippen LogP contribution is 2.32. The largest absolute Gasteiger partial charge is 0.501 e. The van der Waals surface area contributed by atoms with Crippen molar-refractivity contribution in [3.63, 3.8) is 0 Å². The van der Waals surface area contributed by atoms with Crippen molar-refractivity contribution < 1.29 is 31.4 Å². The molecule has 0 fully saturated rings. The van der Waals surface area contributed by atoms with Crippen LogP contribution in [0.4, 0.5) is 13.2 Å². The third-order valence-electron chi connectivity index (χ3n) is 5.44. The average Bonchev–Trinajstić information content (AvgIpc) is 3.01. The van der Waals surface area contributed by atoms with E-state index in [1.165, 1.54) is 18.6 Å². The number of ether oxygens (including phenoxy) is 1. The van der Waals surface area contributed by atoms with Crippen molar-refractivity contribution in [3.05, 3.63) is 76.5 Å². The van der Waals surface area contributed by atoms with Gasteiger partial charge in [0.15, 0.2) is 0 Å². The molecule has 0 aliphatic heterocycles. The molecule has 34 heavy (non-hydrogen) atoms. The number of hydrogen-bond donors (Lipinski definition) is 1. The second kappa shape index (κ2) is 8.20. The number of fused-ring (bicyclic) bond motifs is 1. The van der Waals surface area contributed by atoms with Crippen LogP contribution in [-0.4, -0.2) is 40.3 Å². The van der Waals surface area contributed by atoms with Crippen LogP contribution < -0.4 is 10.4 Å². The maximum absolute atomic E-state index is 13.2. The number of hydrogen-bond acceptors (Lipinski definition) is 6. The molecule has 0 spiro atoms. The number of alkyl halides is 3. The lowest BCUT2D eigenvalue weighted by Gasteiger charge is -2.11. The van der Waals surface area contributed by atoms with Gasteiger partial charge in [-0.3, -0.25) is 9.55 Å². The monoisotopic (exact) mass is 493 g/mol. The molecular weight excluding hydrogens is 475 g/mol. The Morgan fingerprint density at radius 3 is 2.38 bits per heavy atom. The van der Waals surface area contributed by atoms with Crippen molar-refractivity contribution >= 4 is 20.7 Å². The molecule has 1 N–H and O–H groups in total. The van der Waals surface area contributed by atoms with E-state index in [-0.39, 0.29) is 17.9 Å². The summed E-state index contributed by atoms with van der Waals surface area (Å²) in [6.07, 6.45) is 1.58. The van der Waals surface area contributed by atoms with Crippen molar-refractivity contribution in [2.24, 2.45) is 0 Å². The molecule has 0 bridgehead atoms. The molecule has 8 nitrogen and oxygen atoms in total. The number of methoxy groups -OCH3 is 1. The minimum atomic E-state index is -5.54. The first kappa shape index (κ1) is 23.4. The lowest BCUT2D eigenvalue weighted by atomic mass is 10.1. The Labute approximate surface area is 191 Å². The van der Waals surface area contributed by atoms with Gasteiger partial charge in [-0.1, -0.05) is 6.07 Å². The van der Waals surface area contributed by atoms with Gasteiger partial charge in [0, 0.05) is 11.6 Å². The molecular formula is C22H18F3N3O5S. The number of halogens is 3. The van der Waals surface area contributed by atoms with Crippen LogP contribution in [0.25, 0.3) is 16.6 Å². The van der Waals surface area contributed by atoms with Gasteiger partial charge < -0.3 is 9.84 Å². The molecule has 4 aromatic rings. The van der Waals surface area contributed by atoms with E-state index >= 15 is 0 Å². The summed E-state index contributed by atoms with van der Waals surface area (Å²) in [6, 6.07) is 10.5. The smallest absolute Gasteiger partial charge is 0.496 e. The van der Waals surface area contributed by atoms with Crippen molar-refractivity contribution in [1.29, 1.82) is 0 Å². The summed E-state index contributed by atoms with van der Waals surface area (Å²) < 4.78 is 69.2. The van der Waals surface area contributed by atoms with E-state index < -0.39 is 31.8 Å². The highest BCUT2D eigenvalue weighted by Gasteiger charge is 2.46. The van der Waals surface area contributed by atoms with Gasteiger partial charge in [0.2, 0.25) is 5.88 Å². The SMILES string of the molecule is COc1cccc2nccc(Cn3c(C)c(O)n(-c4ccc(S(=O)(=O)C(F)(F)F)cc4)c3=O)c12. The predicted molar refractivity (Wildman–Crippen MR) is 117 cm³/mol. The van der Waals surface area contributed by atoms with Crippen LogP contribution in [0.15, 0.2) is 64.4 Å². The van der Waals surface area contributed by atoms with Crippen LogP contribution in [0.3, 0.4) is 0 Å². The molecule has 0 saturated heterocycles. The molecule has 0 aliphatic carbocycles. The molecule has 12 heteroatoms. The lowest BCUT2D eigenvalue weighted by Crippen LogP contribution is -2.25. The Balaban J connectivity index is 1.79. The van der Waals surface area contributed by atoms with E-state index in [1.54, 1.807) is 30.5 Å². The summed E-state index contributed by atoms with van der Waals surface area (Å²) in [5.41, 5.74) is -4.58. The second-order valence-corrected chi connectivity index (χ2v) is 9.32. The zero-order valence-corrected chi connectivity index (χ0v) is 18.7. The van der Waals surface area contributed by atoms with E-state index in [9.17, 15) is 31.5 Å². The fraction of sp³-hybridized carbons (Fsp3) is 0.182. The molecule has 2 aromatic carbocycles. The molecule has 2 heterocycles. The third kappa shape index (κ3) is 3.69. The second-order valence-electron chi connectivity index (χ2n) is 7.38. The van der Waals surface area contributed by atoms with Crippen molar-refractivity contribution in [2.75, 3.05) is 7.11 Å². The molecule has 2 aromatic heterocycles. The molecule has 0 atom stereocenters. The van der Waals surface area contributed by atoms with Gasteiger partial charge in [-0.2, -0.15) is 13.2 Å². The van der Waals surface area contributed by atoms with Gasteiger partial charge >= 0.3 is 11.2 Å². The van der Waals surface area contributed by atoms with Crippen LogP contribution in [0.1, 0.15) is 11.3 Å². The molecule has 0 unspecified atom stereocenters. The quantitative estimate of drug-likeness (QED) is 0.456. The zero-order chi connectivity index (χ0) is 24.8. The van der Waals surface area contributed by atoms with Gasteiger partial charge in [-0.25, -0.2) is 17.8 Å². The summed E-state index contributed by atoms with van der Waals surface area (Å²) in [4.78, 5) is 16.5. The summed E-state index contributed by atoms with van der Waals surface area (Å²) in [6.45, 7) is 1.56. The van der Waals surface area contributed by atoms with E-state index in [2.05, 4.69) is 4.98 Å². The summed E-state index contributed by atoms with van der Waals surface area (Å²) in [5.74, 6) is 0.123. The van der Waals surface area contributed by atoms with E-state index in [1.807, 2.05) is 0 Å². The molecule has 0 saturated carbocycles. The predicted octanol–water partition coefficient (Wildman–Crippen LogP) is 3.55. The topological polar surface area (TPSA) is 103 Å². The van der Waals surface area contributed by atoms with Crippen LogP contribution in [0, 0.1) is 6.92 Å². The summed E-state index contributed by atoms with van der Waals surface area (Å²) in [7, 11) is -4.03. The fourth-order valence-electron chi connectivity index (χ4n) is 3.68. The van der Waals surface area contributed by atoms with Crippen LogP contribution >= 0.6 is 0 Å².